The number of methoxy groups -OCH3 is 1. The van der Waals surface area contributed by atoms with Gasteiger partial charge in [0, 0.05) is 11.5 Å². The molecule has 10 atom stereocenters. The van der Waals surface area contributed by atoms with E-state index in [9.17, 15) is 14.7 Å². The van der Waals surface area contributed by atoms with Crippen molar-refractivity contribution in [3.05, 3.63) is 24.3 Å². The predicted octanol–water partition coefficient (Wildman–Crippen LogP) is 6.91. The summed E-state index contributed by atoms with van der Waals surface area (Å²) < 4.78 is 4.98. The summed E-state index contributed by atoms with van der Waals surface area (Å²) in [5.41, 5.74) is 1.19. The maximum Gasteiger partial charge on any atom is 0.330 e. The van der Waals surface area contributed by atoms with E-state index in [4.69, 9.17) is 4.74 Å². The molecule has 0 aliphatic heterocycles. The summed E-state index contributed by atoms with van der Waals surface area (Å²) in [7, 11) is 1.46. The standard InChI is InChI=1S/C33H50O4/c1-20(2)21-11-15-33(16-13-26(35)37-8)18-17-31(6)22(27(21)33)9-10-25-30(5)19-23(34)28(36)29(3,4)24(30)12-14-32(25,31)7/h13,16,21-25,27,34H,1,9-12,14-15,17-19H2,2-8H3/b16-13+/t21-,22?,23+,24?,25?,27?,30-,31+,32+,33-/m0/s1. The number of rotatable bonds is 3. The van der Waals surface area contributed by atoms with Crippen LogP contribution in [-0.4, -0.2) is 30.1 Å². The van der Waals surface area contributed by atoms with Crippen molar-refractivity contribution in [3.63, 3.8) is 0 Å². The van der Waals surface area contributed by atoms with Crippen LogP contribution in [0.5, 0.6) is 0 Å². The highest BCUT2D eigenvalue weighted by atomic mass is 16.5. The number of esters is 1. The number of carbonyl (C=O) groups is 2. The lowest BCUT2D eigenvalue weighted by molar-refractivity contribution is -0.237. The van der Waals surface area contributed by atoms with Gasteiger partial charge >= 0.3 is 5.97 Å². The van der Waals surface area contributed by atoms with Crippen LogP contribution in [0.25, 0.3) is 0 Å². The molecule has 0 heterocycles. The molecule has 0 spiro atoms. The van der Waals surface area contributed by atoms with E-state index in [1.807, 2.05) is 0 Å². The fraction of sp³-hybridized carbons (Fsp3) is 0.818. The van der Waals surface area contributed by atoms with Crippen molar-refractivity contribution in [2.24, 2.45) is 56.7 Å². The number of hydrogen-bond donors (Lipinski definition) is 1. The first kappa shape index (κ1) is 27.2. The third kappa shape index (κ3) is 3.49. The summed E-state index contributed by atoms with van der Waals surface area (Å²) in [6, 6.07) is 0. The van der Waals surface area contributed by atoms with Gasteiger partial charge in [0.2, 0.25) is 0 Å². The lowest BCUT2D eigenvalue weighted by Gasteiger charge is -2.72. The molecule has 4 heteroatoms. The molecule has 5 rings (SSSR count). The fourth-order valence-corrected chi connectivity index (χ4v) is 11.7. The third-order valence-electron chi connectivity index (χ3n) is 13.6. The van der Waals surface area contributed by atoms with Crippen molar-refractivity contribution in [3.8, 4) is 0 Å². The SMILES string of the molecule is C=C(C)[C@@H]1CC[C@]2(/C=C/C(=O)OC)CC[C@]3(C)C(CCC4[C@@]5(C)C[C@@H](O)C(=O)C(C)(C)C5CC[C@]43C)C12. The molecule has 0 radical (unpaired) electrons. The van der Waals surface area contributed by atoms with Gasteiger partial charge in [-0.25, -0.2) is 4.79 Å². The minimum absolute atomic E-state index is 0.0272. The van der Waals surface area contributed by atoms with E-state index in [-0.39, 0.29) is 33.4 Å². The van der Waals surface area contributed by atoms with Crippen LogP contribution >= 0.6 is 0 Å². The van der Waals surface area contributed by atoms with Gasteiger partial charge < -0.3 is 9.84 Å². The molecule has 0 aromatic rings. The topological polar surface area (TPSA) is 63.6 Å². The number of aliphatic hydroxyl groups excluding tert-OH is 1. The van der Waals surface area contributed by atoms with Gasteiger partial charge in [0.1, 0.15) is 6.10 Å². The zero-order chi connectivity index (χ0) is 27.2. The second-order valence-corrected chi connectivity index (χ2v) is 15.1. The first-order valence-electron chi connectivity index (χ1n) is 14.8. The third-order valence-corrected chi connectivity index (χ3v) is 13.6. The Bertz CT molecular complexity index is 1030. The van der Waals surface area contributed by atoms with Crippen LogP contribution in [0.1, 0.15) is 99.3 Å². The Kier molecular flexibility index (Phi) is 6.27. The summed E-state index contributed by atoms with van der Waals surface area (Å²) in [5.74, 6) is 2.20. The van der Waals surface area contributed by atoms with Gasteiger partial charge in [-0.3, -0.25) is 4.79 Å². The highest BCUT2D eigenvalue weighted by Crippen LogP contribution is 2.77. The Labute approximate surface area is 224 Å². The largest absolute Gasteiger partial charge is 0.466 e. The van der Waals surface area contributed by atoms with Gasteiger partial charge in [-0.1, -0.05) is 52.8 Å². The van der Waals surface area contributed by atoms with Crippen LogP contribution in [0.4, 0.5) is 0 Å². The molecule has 1 N–H and O–H groups in total. The summed E-state index contributed by atoms with van der Waals surface area (Å²) in [6.07, 6.45) is 12.8. The number of carbonyl (C=O) groups excluding carboxylic acids is 2. The first-order chi connectivity index (χ1) is 17.2. The summed E-state index contributed by atoms with van der Waals surface area (Å²) in [6.45, 7) is 18.4. The Morgan fingerprint density at radius 1 is 0.973 bits per heavy atom. The van der Waals surface area contributed by atoms with Crippen molar-refractivity contribution in [2.45, 2.75) is 105 Å². The van der Waals surface area contributed by atoms with Crippen LogP contribution < -0.4 is 0 Å². The van der Waals surface area contributed by atoms with Gasteiger partial charge in [0.05, 0.1) is 7.11 Å². The molecular weight excluding hydrogens is 460 g/mol. The molecule has 4 unspecified atom stereocenters. The van der Waals surface area contributed by atoms with Gasteiger partial charge in [0.15, 0.2) is 5.78 Å². The summed E-state index contributed by atoms with van der Waals surface area (Å²) in [5, 5.41) is 11.0. The Morgan fingerprint density at radius 3 is 2.32 bits per heavy atom. The number of ether oxygens (including phenoxy) is 1. The molecule has 4 nitrogen and oxygen atoms in total. The van der Waals surface area contributed by atoms with E-state index >= 15 is 0 Å². The van der Waals surface area contributed by atoms with Crippen LogP contribution in [0.3, 0.4) is 0 Å². The highest BCUT2D eigenvalue weighted by molar-refractivity contribution is 5.89. The van der Waals surface area contributed by atoms with Gasteiger partial charge in [0.25, 0.3) is 0 Å². The lowest BCUT2D eigenvalue weighted by atomic mass is 9.32. The molecule has 0 amide bonds. The van der Waals surface area contributed by atoms with E-state index in [0.717, 1.165) is 38.5 Å². The maximum atomic E-state index is 13.1. The smallest absolute Gasteiger partial charge is 0.330 e. The Hall–Kier alpha value is -1.42. The van der Waals surface area contributed by atoms with Crippen molar-refractivity contribution in [1.29, 1.82) is 0 Å². The highest BCUT2D eigenvalue weighted by Gasteiger charge is 2.71. The maximum absolute atomic E-state index is 13.1. The number of aliphatic hydroxyl groups is 1. The lowest BCUT2D eigenvalue weighted by Crippen LogP contribution is -2.67. The Balaban J connectivity index is 1.56. The van der Waals surface area contributed by atoms with Crippen molar-refractivity contribution < 1.29 is 19.4 Å². The van der Waals surface area contributed by atoms with Crippen LogP contribution in [0.2, 0.25) is 0 Å². The molecule has 5 aliphatic carbocycles. The zero-order valence-electron chi connectivity index (χ0n) is 24.4. The fourth-order valence-electron chi connectivity index (χ4n) is 11.7. The molecular formula is C33H50O4. The van der Waals surface area contributed by atoms with E-state index in [1.165, 1.54) is 25.5 Å². The first-order valence-corrected chi connectivity index (χ1v) is 14.8. The number of Topliss-reactive ketones (excluding diaryl/α,β-unsaturated/α-hetero) is 1. The molecule has 0 bridgehead atoms. The van der Waals surface area contributed by atoms with Crippen molar-refractivity contribution >= 4 is 11.8 Å². The van der Waals surface area contributed by atoms with Crippen LogP contribution in [0, 0.1) is 56.7 Å². The van der Waals surface area contributed by atoms with Crippen molar-refractivity contribution in [1.82, 2.24) is 0 Å². The van der Waals surface area contributed by atoms with Crippen LogP contribution in [-0.2, 0) is 14.3 Å². The summed E-state index contributed by atoms with van der Waals surface area (Å²) >= 11 is 0. The predicted molar refractivity (Wildman–Crippen MR) is 147 cm³/mol. The minimum Gasteiger partial charge on any atom is -0.466 e. The normalized spacial score (nSPS) is 50.5. The molecule has 0 aromatic heterocycles. The number of ketones is 1. The second kappa shape index (κ2) is 8.54. The van der Waals surface area contributed by atoms with Gasteiger partial charge in [-0.05, 0) is 116 Å². The second-order valence-electron chi connectivity index (χ2n) is 15.1. The zero-order valence-corrected chi connectivity index (χ0v) is 24.4. The summed E-state index contributed by atoms with van der Waals surface area (Å²) in [4.78, 5) is 25.2. The quantitative estimate of drug-likeness (QED) is 0.254. The molecule has 5 fully saturated rings. The molecule has 5 aliphatic rings. The molecule has 206 valence electrons. The van der Waals surface area contributed by atoms with Gasteiger partial charge in [-0.2, -0.15) is 0 Å². The van der Waals surface area contributed by atoms with Crippen LogP contribution in [0.15, 0.2) is 24.3 Å². The van der Waals surface area contributed by atoms with Crippen molar-refractivity contribution in [2.75, 3.05) is 7.11 Å². The van der Waals surface area contributed by atoms with Gasteiger partial charge in [-0.15, -0.1) is 0 Å². The van der Waals surface area contributed by atoms with E-state index in [2.05, 4.69) is 54.2 Å². The molecule has 0 aromatic carbocycles. The molecule has 5 saturated carbocycles. The number of fused-ring (bicyclic) bond motifs is 7. The van der Waals surface area contributed by atoms with E-state index in [0.29, 0.717) is 36.0 Å². The molecule has 0 saturated heterocycles. The van der Waals surface area contributed by atoms with E-state index < -0.39 is 11.5 Å². The number of hydrogen-bond acceptors (Lipinski definition) is 4. The van der Waals surface area contributed by atoms with E-state index in [1.54, 1.807) is 6.08 Å². The minimum atomic E-state index is -0.839. The number of allylic oxidation sites excluding steroid dienone is 2. The monoisotopic (exact) mass is 510 g/mol. The average Bonchev–Trinajstić information content (AvgIpc) is 3.22. The molecule has 37 heavy (non-hydrogen) atoms. The Morgan fingerprint density at radius 2 is 1.68 bits per heavy atom. The average molecular weight is 511 g/mol.